The Morgan fingerprint density at radius 1 is 1.20 bits per heavy atom. The van der Waals surface area contributed by atoms with Crippen LogP contribution in [0.1, 0.15) is 34.4 Å². The predicted molar refractivity (Wildman–Crippen MR) is 95.5 cm³/mol. The van der Waals surface area contributed by atoms with Crippen LogP contribution in [0.4, 0.5) is 0 Å². The third-order valence-electron chi connectivity index (χ3n) is 4.46. The van der Waals surface area contributed by atoms with Gasteiger partial charge in [0.1, 0.15) is 0 Å². The number of fused-ring (bicyclic) bond motifs is 1. The molecule has 3 aromatic rings. The zero-order valence-corrected chi connectivity index (χ0v) is 14.8. The lowest BCUT2D eigenvalue weighted by Crippen LogP contribution is -2.32. The molecule has 1 aromatic carbocycles. The van der Waals surface area contributed by atoms with Gasteiger partial charge >= 0.3 is 0 Å². The summed E-state index contributed by atoms with van der Waals surface area (Å²) in [5, 5.41) is 11.9. The summed E-state index contributed by atoms with van der Waals surface area (Å²) in [6.45, 7) is 6.65. The van der Waals surface area contributed by atoms with E-state index in [2.05, 4.69) is 15.5 Å². The van der Waals surface area contributed by atoms with Gasteiger partial charge in [0, 0.05) is 36.8 Å². The molecule has 0 radical (unpaired) electrons. The molecule has 3 rings (SSSR count). The number of hydrogen-bond acceptors (Lipinski definition) is 4. The van der Waals surface area contributed by atoms with Crippen molar-refractivity contribution in [1.82, 2.24) is 24.9 Å². The Kier molecular flexibility index (Phi) is 4.39. The van der Waals surface area contributed by atoms with Crippen molar-refractivity contribution in [3.63, 3.8) is 0 Å². The van der Waals surface area contributed by atoms with Crippen molar-refractivity contribution >= 4 is 16.8 Å². The Morgan fingerprint density at radius 3 is 2.56 bits per heavy atom. The third kappa shape index (κ3) is 2.93. The quantitative estimate of drug-likeness (QED) is 0.784. The van der Waals surface area contributed by atoms with E-state index < -0.39 is 5.91 Å². The number of rotatable bonds is 4. The zero-order chi connectivity index (χ0) is 18.1. The van der Waals surface area contributed by atoms with Gasteiger partial charge in [-0.15, -0.1) is 0 Å². The molecule has 0 saturated heterocycles. The lowest BCUT2D eigenvalue weighted by Gasteiger charge is -2.10. The molecule has 0 saturated carbocycles. The van der Waals surface area contributed by atoms with E-state index in [1.54, 1.807) is 21.5 Å². The van der Waals surface area contributed by atoms with Crippen molar-refractivity contribution < 1.29 is 4.79 Å². The second-order valence-corrected chi connectivity index (χ2v) is 5.97. The van der Waals surface area contributed by atoms with E-state index in [4.69, 9.17) is 0 Å². The smallest absolute Gasteiger partial charge is 0.276 e. The predicted octanol–water partition coefficient (Wildman–Crippen LogP) is 1.70. The van der Waals surface area contributed by atoms with Crippen LogP contribution in [0.15, 0.2) is 29.1 Å². The molecule has 0 aliphatic heterocycles. The second kappa shape index (κ2) is 6.51. The van der Waals surface area contributed by atoms with Crippen molar-refractivity contribution in [2.24, 2.45) is 7.05 Å². The van der Waals surface area contributed by atoms with E-state index in [0.717, 1.165) is 22.5 Å². The van der Waals surface area contributed by atoms with Crippen LogP contribution in [-0.4, -0.2) is 25.5 Å². The van der Waals surface area contributed by atoms with E-state index in [1.165, 1.54) is 0 Å². The van der Waals surface area contributed by atoms with Crippen LogP contribution in [-0.2, 0) is 20.1 Å². The molecule has 2 aromatic heterocycles. The van der Waals surface area contributed by atoms with Gasteiger partial charge in [0.15, 0.2) is 5.69 Å². The molecule has 1 N–H and O–H groups in total. The molecule has 130 valence electrons. The molecule has 0 spiro atoms. The van der Waals surface area contributed by atoms with Crippen molar-refractivity contribution in [3.8, 4) is 0 Å². The minimum atomic E-state index is -0.472. The van der Waals surface area contributed by atoms with Crippen molar-refractivity contribution in [2.45, 2.75) is 33.9 Å². The molecule has 0 aliphatic carbocycles. The van der Waals surface area contributed by atoms with Gasteiger partial charge in [-0.3, -0.25) is 19.0 Å². The van der Waals surface area contributed by atoms with E-state index in [0.29, 0.717) is 18.5 Å². The van der Waals surface area contributed by atoms with Crippen LogP contribution < -0.4 is 10.7 Å². The highest BCUT2D eigenvalue weighted by Crippen LogP contribution is 2.12. The average molecular weight is 339 g/mol. The highest BCUT2D eigenvalue weighted by atomic mass is 16.2. The largest absolute Gasteiger partial charge is 0.346 e. The lowest BCUT2D eigenvalue weighted by molar-refractivity contribution is 0.0942. The molecular weight excluding hydrogens is 318 g/mol. The number of nitrogens with zero attached hydrogens (tertiary/aromatic N) is 4. The van der Waals surface area contributed by atoms with Crippen LogP contribution >= 0.6 is 0 Å². The number of amides is 1. The van der Waals surface area contributed by atoms with Crippen LogP contribution in [0.2, 0.25) is 0 Å². The molecule has 0 unspecified atom stereocenters. The van der Waals surface area contributed by atoms with E-state index in [9.17, 15) is 9.59 Å². The molecule has 2 heterocycles. The van der Waals surface area contributed by atoms with E-state index in [1.807, 2.05) is 40.0 Å². The van der Waals surface area contributed by atoms with Gasteiger partial charge < -0.3 is 5.32 Å². The first-order valence-electron chi connectivity index (χ1n) is 8.21. The second-order valence-electron chi connectivity index (χ2n) is 5.97. The number of benzene rings is 1. The van der Waals surface area contributed by atoms with Gasteiger partial charge in [0.2, 0.25) is 5.43 Å². The molecule has 0 atom stereocenters. The minimum Gasteiger partial charge on any atom is -0.346 e. The van der Waals surface area contributed by atoms with Gasteiger partial charge in [0.25, 0.3) is 5.91 Å². The molecule has 25 heavy (non-hydrogen) atoms. The summed E-state index contributed by atoms with van der Waals surface area (Å²) in [7, 11) is 1.86. The fourth-order valence-electron chi connectivity index (χ4n) is 2.95. The monoisotopic (exact) mass is 339 g/mol. The Bertz CT molecular complexity index is 1020. The molecule has 0 fully saturated rings. The third-order valence-corrected chi connectivity index (χ3v) is 4.46. The summed E-state index contributed by atoms with van der Waals surface area (Å²) in [6, 6.07) is 7.19. The van der Waals surface area contributed by atoms with Gasteiger partial charge in [-0.05, 0) is 32.9 Å². The normalized spacial score (nSPS) is 11.0. The summed E-state index contributed by atoms with van der Waals surface area (Å²) in [5.74, 6) is -0.472. The first-order chi connectivity index (χ1) is 11.9. The van der Waals surface area contributed by atoms with Crippen LogP contribution in [0.3, 0.4) is 0 Å². The molecular formula is C18H21N5O2. The fourth-order valence-corrected chi connectivity index (χ4v) is 2.95. The highest BCUT2D eigenvalue weighted by molar-refractivity contribution is 5.95. The topological polar surface area (TPSA) is 81.8 Å². The Morgan fingerprint density at radius 2 is 1.92 bits per heavy atom. The number of aryl methyl sites for hydroxylation is 3. The van der Waals surface area contributed by atoms with Crippen molar-refractivity contribution in [2.75, 3.05) is 0 Å². The van der Waals surface area contributed by atoms with Gasteiger partial charge in [-0.1, -0.05) is 12.1 Å². The molecule has 7 heteroatoms. The number of hydrogen-bond donors (Lipinski definition) is 1. The Balaban J connectivity index is 1.95. The fraction of sp³-hybridized carbons (Fsp3) is 0.333. The van der Waals surface area contributed by atoms with Gasteiger partial charge in [-0.2, -0.15) is 10.2 Å². The minimum absolute atomic E-state index is 0.0836. The SMILES string of the molecule is CCn1nc(C(=O)NCc2c(C)nn(C)c2C)c(=O)c2ccccc21. The molecule has 1 amide bonds. The summed E-state index contributed by atoms with van der Waals surface area (Å²) >= 11 is 0. The van der Waals surface area contributed by atoms with E-state index in [-0.39, 0.29) is 11.1 Å². The molecule has 0 aliphatic rings. The zero-order valence-electron chi connectivity index (χ0n) is 14.8. The Hall–Kier alpha value is -2.96. The van der Waals surface area contributed by atoms with Crippen LogP contribution in [0, 0.1) is 13.8 Å². The maximum Gasteiger partial charge on any atom is 0.276 e. The standard InChI is InChI=1S/C18H21N5O2/c1-5-23-15-9-7-6-8-13(15)17(24)16(21-23)18(25)19-10-14-11(2)20-22(4)12(14)3/h6-9H,5,10H2,1-4H3,(H,19,25). The van der Waals surface area contributed by atoms with Gasteiger partial charge in [0.05, 0.1) is 11.2 Å². The van der Waals surface area contributed by atoms with Crippen molar-refractivity contribution in [1.29, 1.82) is 0 Å². The summed E-state index contributed by atoms with van der Waals surface area (Å²) < 4.78 is 3.45. The lowest BCUT2D eigenvalue weighted by atomic mass is 10.1. The van der Waals surface area contributed by atoms with Crippen molar-refractivity contribution in [3.05, 3.63) is 57.1 Å². The van der Waals surface area contributed by atoms with Crippen LogP contribution in [0.25, 0.3) is 10.9 Å². The number of nitrogens with one attached hydrogen (secondary N) is 1. The Labute approximate surface area is 145 Å². The number of para-hydroxylation sites is 1. The maximum atomic E-state index is 12.6. The summed E-state index contributed by atoms with van der Waals surface area (Å²) in [5.41, 5.74) is 3.09. The summed E-state index contributed by atoms with van der Waals surface area (Å²) in [4.78, 5) is 25.2. The van der Waals surface area contributed by atoms with E-state index >= 15 is 0 Å². The highest BCUT2D eigenvalue weighted by Gasteiger charge is 2.18. The molecule has 0 bridgehead atoms. The maximum absolute atomic E-state index is 12.6. The van der Waals surface area contributed by atoms with Gasteiger partial charge in [-0.25, -0.2) is 0 Å². The molecule has 7 nitrogen and oxygen atoms in total. The first kappa shape index (κ1) is 16.9. The number of aromatic nitrogens is 4. The average Bonchev–Trinajstić information content (AvgIpc) is 2.85. The number of carbonyl (C=O) groups is 1. The first-order valence-corrected chi connectivity index (χ1v) is 8.21. The van der Waals surface area contributed by atoms with Crippen LogP contribution in [0.5, 0.6) is 0 Å². The summed E-state index contributed by atoms with van der Waals surface area (Å²) in [6.07, 6.45) is 0. The number of carbonyl (C=O) groups excluding carboxylic acids is 1.